The summed E-state index contributed by atoms with van der Waals surface area (Å²) in [6.07, 6.45) is 5.29. The molecule has 0 bridgehead atoms. The second-order valence-electron chi connectivity index (χ2n) is 4.73. The van der Waals surface area contributed by atoms with Crippen molar-refractivity contribution in [3.63, 3.8) is 0 Å². The first-order chi connectivity index (χ1) is 9.69. The number of nitrogens with zero attached hydrogens (tertiary/aromatic N) is 1. The molecule has 0 spiro atoms. The molecule has 1 aromatic carbocycles. The summed E-state index contributed by atoms with van der Waals surface area (Å²) in [6, 6.07) is 5.70. The fourth-order valence-corrected chi connectivity index (χ4v) is 2.36. The van der Waals surface area contributed by atoms with E-state index in [1.807, 2.05) is 12.2 Å². The summed E-state index contributed by atoms with van der Waals surface area (Å²) in [5, 5.41) is 1.84. The van der Waals surface area contributed by atoms with E-state index < -0.39 is 6.10 Å². The molecule has 5 nitrogen and oxygen atoms in total. The van der Waals surface area contributed by atoms with Gasteiger partial charge in [0.05, 0.1) is 18.1 Å². The first kappa shape index (κ1) is 12.7. The number of carbonyl (C=O) groups excluding carboxylic acids is 1. The third kappa shape index (κ3) is 2.16. The van der Waals surface area contributed by atoms with Crippen molar-refractivity contribution in [3.8, 4) is 0 Å². The lowest BCUT2D eigenvalue weighted by atomic mass is 10.0. The molecule has 0 saturated heterocycles. The number of carbonyl (C=O) groups is 1. The summed E-state index contributed by atoms with van der Waals surface area (Å²) in [6.45, 7) is 0.226. The van der Waals surface area contributed by atoms with Crippen LogP contribution in [0.2, 0.25) is 0 Å². The number of ether oxygens (including phenoxy) is 2. The molecule has 5 heteroatoms. The minimum Gasteiger partial charge on any atom is -0.481 e. The third-order valence-corrected chi connectivity index (χ3v) is 3.38. The van der Waals surface area contributed by atoms with Gasteiger partial charge in [0.2, 0.25) is 6.10 Å². The molecular weight excluding hydrogens is 258 g/mol. The standard InChI is InChI=1S/C15H14NO4/c1-19-8-14-15(18)16(9-20-14)12-4-2-10-3-5-13(17)7-11(10)6-12/h2-3,5-7,9,14H,4,8H2,1H3/q-1. The molecular formula is C15H14NO4-. The van der Waals surface area contributed by atoms with Gasteiger partial charge in [-0.3, -0.25) is 4.79 Å². The predicted octanol–water partition coefficient (Wildman–Crippen LogP) is -1.13. The van der Waals surface area contributed by atoms with Crippen molar-refractivity contribution < 1.29 is 18.8 Å². The van der Waals surface area contributed by atoms with Crippen molar-refractivity contribution >= 4 is 24.5 Å². The van der Waals surface area contributed by atoms with Crippen molar-refractivity contribution in [2.24, 2.45) is 0 Å². The zero-order chi connectivity index (χ0) is 14.1. The fraction of sp³-hybridized carbons (Fsp3) is 0.267. The van der Waals surface area contributed by atoms with Crippen LogP contribution in [0, 0.1) is 6.04 Å². The number of hydrogen-bond acceptors (Lipinski definition) is 4. The lowest BCUT2D eigenvalue weighted by Crippen LogP contribution is -2.36. The lowest BCUT2D eigenvalue weighted by Gasteiger charge is -2.19. The molecule has 1 unspecified atom stereocenters. The van der Waals surface area contributed by atoms with Gasteiger partial charge in [-0.25, -0.2) is 9.79 Å². The Morgan fingerprint density at radius 3 is 3.15 bits per heavy atom. The number of benzene rings is 1. The maximum atomic E-state index is 12.1. The number of amides is 1. The second-order valence-corrected chi connectivity index (χ2v) is 4.73. The minimum atomic E-state index is -0.590. The van der Waals surface area contributed by atoms with Crippen LogP contribution in [0.3, 0.4) is 0 Å². The molecule has 0 N–H and O–H groups in total. The van der Waals surface area contributed by atoms with Crippen molar-refractivity contribution in [2.75, 3.05) is 13.7 Å². The van der Waals surface area contributed by atoms with Crippen molar-refractivity contribution in [3.05, 3.63) is 44.9 Å². The Kier molecular flexibility index (Phi) is 3.20. The Labute approximate surface area is 115 Å². The Morgan fingerprint density at radius 1 is 1.50 bits per heavy atom. The van der Waals surface area contributed by atoms with Crippen LogP contribution in [0.15, 0.2) is 23.0 Å². The third-order valence-electron chi connectivity index (χ3n) is 3.38. The van der Waals surface area contributed by atoms with Crippen molar-refractivity contribution in [1.82, 2.24) is 0 Å². The van der Waals surface area contributed by atoms with Gasteiger partial charge in [0.1, 0.15) is 0 Å². The molecule has 104 valence electrons. The molecule has 1 heterocycles. The summed E-state index contributed by atoms with van der Waals surface area (Å²) in [4.78, 5) is 23.5. The van der Waals surface area contributed by atoms with Crippen molar-refractivity contribution in [1.29, 1.82) is 0 Å². The highest BCUT2D eigenvalue weighted by Crippen LogP contribution is 2.17. The van der Waals surface area contributed by atoms with Crippen LogP contribution in [0.1, 0.15) is 6.42 Å². The number of rotatable bonds is 3. The molecule has 20 heavy (non-hydrogen) atoms. The quantitative estimate of drug-likeness (QED) is 0.516. The normalized spacial score (nSPS) is 20.6. The van der Waals surface area contributed by atoms with Gasteiger partial charge in [-0.2, -0.15) is 11.3 Å². The SMILES string of the molecule is COCC1OC=[N+]([C-]2C=c3[cH-]c(=O)ccc3=CC2)C1=O. The fourth-order valence-electron chi connectivity index (χ4n) is 2.36. The molecule has 1 atom stereocenters. The second kappa shape index (κ2) is 5.02. The summed E-state index contributed by atoms with van der Waals surface area (Å²) in [7, 11) is 1.53. The average molecular weight is 272 g/mol. The van der Waals surface area contributed by atoms with E-state index in [1.54, 1.807) is 18.2 Å². The van der Waals surface area contributed by atoms with E-state index in [1.165, 1.54) is 18.1 Å². The molecule has 3 rings (SSSR count). The number of hydrogen-bond donors (Lipinski definition) is 0. The topological polar surface area (TPSA) is 55.6 Å². The maximum Gasteiger partial charge on any atom is 0.354 e. The Bertz CT molecular complexity index is 744. The highest BCUT2D eigenvalue weighted by atomic mass is 16.5. The smallest absolute Gasteiger partial charge is 0.354 e. The molecule has 0 saturated carbocycles. The van der Waals surface area contributed by atoms with Gasteiger partial charge >= 0.3 is 5.91 Å². The average Bonchev–Trinajstić information content (AvgIpc) is 2.80. The van der Waals surface area contributed by atoms with E-state index in [0.717, 1.165) is 16.5 Å². The van der Waals surface area contributed by atoms with Gasteiger partial charge in [0.25, 0.3) is 6.40 Å². The molecule has 1 amide bonds. The molecule has 0 radical (unpaired) electrons. The van der Waals surface area contributed by atoms with Gasteiger partial charge in [0.15, 0.2) is 0 Å². The van der Waals surface area contributed by atoms with Crippen LogP contribution in [0.25, 0.3) is 12.2 Å². The number of methoxy groups -OCH3 is 1. The zero-order valence-electron chi connectivity index (χ0n) is 11.0. The van der Waals surface area contributed by atoms with Crippen LogP contribution >= 0.6 is 0 Å². The van der Waals surface area contributed by atoms with Gasteiger partial charge in [0, 0.05) is 7.11 Å². The van der Waals surface area contributed by atoms with Gasteiger partial charge in [-0.05, 0) is 6.42 Å². The first-order valence-corrected chi connectivity index (χ1v) is 6.34. The molecule has 2 aliphatic rings. The summed E-state index contributed by atoms with van der Waals surface area (Å²) < 4.78 is 11.7. The highest BCUT2D eigenvalue weighted by Gasteiger charge is 2.33. The monoisotopic (exact) mass is 272 g/mol. The number of fused-ring (bicyclic) bond motifs is 1. The van der Waals surface area contributed by atoms with E-state index in [2.05, 4.69) is 0 Å². The molecule has 1 aliphatic heterocycles. The van der Waals surface area contributed by atoms with Gasteiger partial charge in [-0.1, -0.05) is 6.07 Å². The molecule has 1 aliphatic carbocycles. The Hall–Kier alpha value is -2.27. The van der Waals surface area contributed by atoms with E-state index in [4.69, 9.17) is 9.47 Å². The highest BCUT2D eigenvalue weighted by molar-refractivity contribution is 5.82. The molecule has 0 aromatic heterocycles. The Morgan fingerprint density at radius 2 is 2.35 bits per heavy atom. The predicted molar refractivity (Wildman–Crippen MR) is 72.4 cm³/mol. The summed E-state index contributed by atoms with van der Waals surface area (Å²) in [5.41, 5.74) is -0.0418. The summed E-state index contributed by atoms with van der Waals surface area (Å²) in [5.74, 6) is -0.145. The van der Waals surface area contributed by atoms with Crippen LogP contribution in [0.5, 0.6) is 0 Å². The lowest BCUT2D eigenvalue weighted by molar-refractivity contribution is -0.417. The van der Waals surface area contributed by atoms with E-state index in [0.29, 0.717) is 6.42 Å². The van der Waals surface area contributed by atoms with Crippen LogP contribution in [0.4, 0.5) is 0 Å². The molecule has 1 aromatic rings. The summed E-state index contributed by atoms with van der Waals surface area (Å²) >= 11 is 0. The van der Waals surface area contributed by atoms with Crippen LogP contribution in [-0.2, 0) is 14.3 Å². The maximum absolute atomic E-state index is 12.1. The van der Waals surface area contributed by atoms with E-state index in [9.17, 15) is 9.59 Å². The van der Waals surface area contributed by atoms with Crippen molar-refractivity contribution in [2.45, 2.75) is 12.5 Å². The van der Waals surface area contributed by atoms with Crippen LogP contribution in [-0.4, -0.2) is 36.7 Å². The van der Waals surface area contributed by atoms with E-state index >= 15 is 0 Å². The molecule has 0 fully saturated rings. The largest absolute Gasteiger partial charge is 0.481 e. The zero-order valence-corrected chi connectivity index (χ0v) is 11.0. The van der Waals surface area contributed by atoms with Gasteiger partial charge < -0.3 is 14.3 Å². The van der Waals surface area contributed by atoms with E-state index in [-0.39, 0.29) is 17.9 Å². The Balaban J connectivity index is 1.91. The van der Waals surface area contributed by atoms with Gasteiger partial charge in [-0.15, -0.1) is 18.2 Å². The van der Waals surface area contributed by atoms with Crippen LogP contribution < -0.4 is 15.9 Å². The first-order valence-electron chi connectivity index (χ1n) is 6.34. The minimum absolute atomic E-state index is 0.0418.